The van der Waals surface area contributed by atoms with Crippen molar-refractivity contribution in [2.75, 3.05) is 19.5 Å². The standard InChI is InChI=1S/C14H16ClFN2O2S/c1-20-6-5-18-14(12(15)8-17-18)13(19)9-21-11-4-2-3-10(16)7-11/h2-4,7-8,13,19H,5-6,9H2,1H3. The Morgan fingerprint density at radius 2 is 2.33 bits per heavy atom. The Kier molecular flexibility index (Phi) is 6.05. The van der Waals surface area contributed by atoms with Gasteiger partial charge in [-0.3, -0.25) is 4.68 Å². The summed E-state index contributed by atoms with van der Waals surface area (Å²) in [6.45, 7) is 0.995. The predicted octanol–water partition coefficient (Wildman–Crippen LogP) is 3.15. The maximum absolute atomic E-state index is 13.1. The molecule has 0 aliphatic heterocycles. The average Bonchev–Trinajstić information content (AvgIpc) is 2.83. The number of thioether (sulfide) groups is 1. The van der Waals surface area contributed by atoms with E-state index in [0.717, 1.165) is 4.90 Å². The number of methoxy groups -OCH3 is 1. The van der Waals surface area contributed by atoms with E-state index < -0.39 is 6.10 Å². The molecule has 0 saturated carbocycles. The SMILES string of the molecule is COCCn1ncc(Cl)c1C(O)CSc1cccc(F)c1. The summed E-state index contributed by atoms with van der Waals surface area (Å²) in [6.07, 6.45) is 0.716. The molecule has 2 aromatic rings. The number of aliphatic hydroxyl groups excluding tert-OH is 1. The number of aliphatic hydroxyl groups is 1. The largest absolute Gasteiger partial charge is 0.386 e. The first kappa shape index (κ1) is 16.3. The van der Waals surface area contributed by atoms with Gasteiger partial charge in [-0.1, -0.05) is 17.7 Å². The van der Waals surface area contributed by atoms with Crippen molar-refractivity contribution in [3.63, 3.8) is 0 Å². The zero-order chi connectivity index (χ0) is 15.2. The highest BCUT2D eigenvalue weighted by atomic mass is 35.5. The second-order valence-electron chi connectivity index (χ2n) is 4.38. The minimum absolute atomic E-state index is 0.294. The fraction of sp³-hybridized carbons (Fsp3) is 0.357. The van der Waals surface area contributed by atoms with Gasteiger partial charge in [0, 0.05) is 17.8 Å². The maximum Gasteiger partial charge on any atom is 0.124 e. The van der Waals surface area contributed by atoms with Crippen molar-refractivity contribution in [1.82, 2.24) is 9.78 Å². The van der Waals surface area contributed by atoms with Crippen LogP contribution in [0.2, 0.25) is 5.02 Å². The fourth-order valence-electron chi connectivity index (χ4n) is 1.87. The van der Waals surface area contributed by atoms with Crippen LogP contribution in [-0.4, -0.2) is 34.4 Å². The van der Waals surface area contributed by atoms with Crippen LogP contribution in [0.5, 0.6) is 0 Å². The first-order valence-corrected chi connectivity index (χ1v) is 7.74. The van der Waals surface area contributed by atoms with Gasteiger partial charge in [0.15, 0.2) is 0 Å². The average molecular weight is 331 g/mol. The molecule has 1 heterocycles. The summed E-state index contributed by atoms with van der Waals surface area (Å²) in [6, 6.07) is 6.25. The fourth-order valence-corrected chi connectivity index (χ4v) is 3.02. The first-order chi connectivity index (χ1) is 10.1. The van der Waals surface area contributed by atoms with Crippen LogP contribution in [0.1, 0.15) is 11.8 Å². The van der Waals surface area contributed by atoms with Crippen LogP contribution in [0, 0.1) is 5.82 Å². The lowest BCUT2D eigenvalue weighted by Gasteiger charge is -2.14. The highest BCUT2D eigenvalue weighted by Crippen LogP contribution is 2.29. The molecule has 0 radical (unpaired) electrons. The maximum atomic E-state index is 13.1. The van der Waals surface area contributed by atoms with Crippen LogP contribution in [0.15, 0.2) is 35.4 Å². The molecule has 0 aliphatic carbocycles. The lowest BCUT2D eigenvalue weighted by molar-refractivity contribution is 0.166. The molecule has 0 aliphatic rings. The minimum atomic E-state index is -0.787. The number of hydrogen-bond donors (Lipinski definition) is 1. The van der Waals surface area contributed by atoms with Crippen molar-refractivity contribution in [1.29, 1.82) is 0 Å². The van der Waals surface area contributed by atoms with E-state index in [0.29, 0.717) is 29.6 Å². The Morgan fingerprint density at radius 3 is 3.05 bits per heavy atom. The summed E-state index contributed by atoms with van der Waals surface area (Å²) in [7, 11) is 1.60. The lowest BCUT2D eigenvalue weighted by Crippen LogP contribution is -2.14. The van der Waals surface area contributed by atoms with Gasteiger partial charge < -0.3 is 9.84 Å². The smallest absolute Gasteiger partial charge is 0.124 e. The summed E-state index contributed by atoms with van der Waals surface area (Å²) >= 11 is 7.43. The van der Waals surface area contributed by atoms with E-state index in [1.807, 2.05) is 0 Å². The molecule has 7 heteroatoms. The highest BCUT2D eigenvalue weighted by Gasteiger charge is 2.18. The van der Waals surface area contributed by atoms with Crippen LogP contribution >= 0.6 is 23.4 Å². The molecule has 0 spiro atoms. The molecule has 21 heavy (non-hydrogen) atoms. The lowest BCUT2D eigenvalue weighted by atomic mass is 10.3. The molecule has 4 nitrogen and oxygen atoms in total. The van der Waals surface area contributed by atoms with Gasteiger partial charge in [0.1, 0.15) is 11.9 Å². The van der Waals surface area contributed by atoms with Gasteiger partial charge in [0.25, 0.3) is 0 Å². The number of aromatic nitrogens is 2. The molecule has 0 fully saturated rings. The summed E-state index contributed by atoms with van der Waals surface area (Å²) in [4.78, 5) is 0.758. The highest BCUT2D eigenvalue weighted by molar-refractivity contribution is 7.99. The van der Waals surface area contributed by atoms with E-state index in [-0.39, 0.29) is 5.82 Å². The van der Waals surface area contributed by atoms with Crippen LogP contribution in [-0.2, 0) is 11.3 Å². The second-order valence-corrected chi connectivity index (χ2v) is 5.88. The van der Waals surface area contributed by atoms with Gasteiger partial charge in [0.2, 0.25) is 0 Å². The quantitative estimate of drug-likeness (QED) is 0.792. The van der Waals surface area contributed by atoms with E-state index in [2.05, 4.69) is 5.10 Å². The Balaban J connectivity index is 2.02. The van der Waals surface area contributed by atoms with Gasteiger partial charge >= 0.3 is 0 Å². The number of rotatable bonds is 7. The molecule has 1 N–H and O–H groups in total. The van der Waals surface area contributed by atoms with Crippen molar-refractivity contribution in [2.45, 2.75) is 17.5 Å². The first-order valence-electron chi connectivity index (χ1n) is 6.38. The van der Waals surface area contributed by atoms with Gasteiger partial charge in [-0.2, -0.15) is 5.10 Å². The Bertz CT molecular complexity index is 594. The molecule has 2 rings (SSSR count). The number of halogens is 2. The molecular weight excluding hydrogens is 315 g/mol. The number of hydrogen-bond acceptors (Lipinski definition) is 4. The Hall–Kier alpha value is -1.08. The second kappa shape index (κ2) is 7.79. The normalized spacial score (nSPS) is 12.6. The molecular formula is C14H16ClFN2O2S. The molecule has 1 aromatic heterocycles. The monoisotopic (exact) mass is 330 g/mol. The Morgan fingerprint density at radius 1 is 1.52 bits per heavy atom. The van der Waals surface area contributed by atoms with Crippen molar-refractivity contribution in [3.05, 3.63) is 47.0 Å². The van der Waals surface area contributed by atoms with Crippen LogP contribution in [0.3, 0.4) is 0 Å². The van der Waals surface area contributed by atoms with E-state index in [1.165, 1.54) is 30.1 Å². The number of benzene rings is 1. The van der Waals surface area contributed by atoms with Crippen molar-refractivity contribution in [2.24, 2.45) is 0 Å². The van der Waals surface area contributed by atoms with Crippen LogP contribution in [0.4, 0.5) is 4.39 Å². The molecule has 0 bridgehead atoms. The van der Waals surface area contributed by atoms with E-state index in [1.54, 1.807) is 23.9 Å². The van der Waals surface area contributed by atoms with Crippen molar-refractivity contribution < 1.29 is 14.2 Å². The van der Waals surface area contributed by atoms with Crippen molar-refractivity contribution in [3.8, 4) is 0 Å². The molecule has 0 amide bonds. The molecule has 1 unspecified atom stereocenters. The zero-order valence-electron chi connectivity index (χ0n) is 11.5. The van der Waals surface area contributed by atoms with E-state index in [4.69, 9.17) is 16.3 Å². The number of nitrogens with zero attached hydrogens (tertiary/aromatic N) is 2. The summed E-state index contributed by atoms with van der Waals surface area (Å²) in [5.41, 5.74) is 0.553. The van der Waals surface area contributed by atoms with Crippen molar-refractivity contribution >= 4 is 23.4 Å². The molecule has 0 saturated heterocycles. The van der Waals surface area contributed by atoms with E-state index in [9.17, 15) is 9.50 Å². The molecule has 114 valence electrons. The zero-order valence-corrected chi connectivity index (χ0v) is 13.1. The Labute approximate surface area is 131 Å². The summed E-state index contributed by atoms with van der Waals surface area (Å²) in [5.74, 6) is 0.0691. The third kappa shape index (κ3) is 4.44. The van der Waals surface area contributed by atoms with Gasteiger partial charge in [-0.05, 0) is 18.2 Å². The van der Waals surface area contributed by atoms with E-state index >= 15 is 0 Å². The van der Waals surface area contributed by atoms with Crippen LogP contribution in [0.25, 0.3) is 0 Å². The molecule has 1 aromatic carbocycles. The summed E-state index contributed by atoms with van der Waals surface area (Å²) < 4.78 is 19.7. The number of ether oxygens (including phenoxy) is 1. The van der Waals surface area contributed by atoms with Gasteiger partial charge in [-0.15, -0.1) is 11.8 Å². The topological polar surface area (TPSA) is 47.3 Å². The minimum Gasteiger partial charge on any atom is -0.386 e. The van der Waals surface area contributed by atoms with Crippen LogP contribution < -0.4 is 0 Å². The molecule has 1 atom stereocenters. The van der Waals surface area contributed by atoms with Gasteiger partial charge in [-0.25, -0.2) is 4.39 Å². The van der Waals surface area contributed by atoms with Gasteiger partial charge in [0.05, 0.1) is 30.1 Å². The predicted molar refractivity (Wildman–Crippen MR) is 81.2 cm³/mol. The third-order valence-corrected chi connectivity index (χ3v) is 4.22. The third-order valence-electron chi connectivity index (χ3n) is 2.86. The summed E-state index contributed by atoms with van der Waals surface area (Å²) in [5, 5.41) is 14.8.